The lowest BCUT2D eigenvalue weighted by Crippen LogP contribution is -2.32. The summed E-state index contributed by atoms with van der Waals surface area (Å²) < 4.78 is 20.2. The van der Waals surface area contributed by atoms with E-state index in [4.69, 9.17) is 4.42 Å². The third kappa shape index (κ3) is 7.39. The van der Waals surface area contributed by atoms with Gasteiger partial charge in [-0.25, -0.2) is 4.39 Å². The van der Waals surface area contributed by atoms with Gasteiger partial charge in [0.1, 0.15) is 11.6 Å². The van der Waals surface area contributed by atoms with Gasteiger partial charge in [0.15, 0.2) is 5.76 Å². The predicted molar refractivity (Wildman–Crippen MR) is 136 cm³/mol. The van der Waals surface area contributed by atoms with Crippen molar-refractivity contribution in [2.45, 2.75) is 45.4 Å². The van der Waals surface area contributed by atoms with E-state index in [1.54, 1.807) is 18.2 Å². The lowest BCUT2D eigenvalue weighted by Gasteiger charge is -2.22. The SMILES string of the molecule is CC(CCc1ccccc1)NC(=O)c1ccc(CN(Cc2ccccc2)Cc2ccccc2F)o1. The fourth-order valence-corrected chi connectivity index (χ4v) is 4.08. The monoisotopic (exact) mass is 470 g/mol. The molecule has 0 saturated carbocycles. The molecule has 5 heteroatoms. The highest BCUT2D eigenvalue weighted by Crippen LogP contribution is 2.18. The summed E-state index contributed by atoms with van der Waals surface area (Å²) in [4.78, 5) is 14.8. The highest BCUT2D eigenvalue weighted by Gasteiger charge is 2.17. The van der Waals surface area contributed by atoms with Crippen molar-refractivity contribution in [3.05, 3.63) is 131 Å². The number of furan rings is 1. The summed E-state index contributed by atoms with van der Waals surface area (Å²) >= 11 is 0. The second-order valence-electron chi connectivity index (χ2n) is 8.89. The van der Waals surface area contributed by atoms with Gasteiger partial charge in [0, 0.05) is 24.7 Å². The lowest BCUT2D eigenvalue weighted by molar-refractivity contribution is 0.0906. The number of carbonyl (C=O) groups excluding carboxylic acids is 1. The number of aryl methyl sites for hydroxylation is 1. The van der Waals surface area contributed by atoms with Gasteiger partial charge >= 0.3 is 0 Å². The van der Waals surface area contributed by atoms with E-state index in [2.05, 4.69) is 22.3 Å². The average molecular weight is 471 g/mol. The number of nitrogens with one attached hydrogen (secondary N) is 1. The Balaban J connectivity index is 1.38. The van der Waals surface area contributed by atoms with Gasteiger partial charge in [-0.2, -0.15) is 0 Å². The van der Waals surface area contributed by atoms with Gasteiger partial charge in [-0.15, -0.1) is 0 Å². The minimum atomic E-state index is -0.227. The van der Waals surface area contributed by atoms with Crippen LogP contribution in [-0.2, 0) is 26.1 Å². The molecule has 0 aliphatic rings. The van der Waals surface area contributed by atoms with E-state index >= 15 is 0 Å². The predicted octanol–water partition coefficient (Wildman–Crippen LogP) is 6.37. The maximum atomic E-state index is 14.3. The van der Waals surface area contributed by atoms with Crippen LogP contribution in [0.25, 0.3) is 0 Å². The molecule has 4 nitrogen and oxygen atoms in total. The standard InChI is InChI=1S/C30H31FN2O2/c1-23(16-17-24-10-4-2-5-11-24)32-30(34)29-19-18-27(35-29)22-33(20-25-12-6-3-7-13-25)21-26-14-8-9-15-28(26)31/h2-15,18-19,23H,16-17,20-22H2,1H3,(H,32,34). The van der Waals surface area contributed by atoms with E-state index in [0.29, 0.717) is 31.0 Å². The van der Waals surface area contributed by atoms with Crippen molar-refractivity contribution in [2.24, 2.45) is 0 Å². The van der Waals surface area contributed by atoms with Gasteiger partial charge in [0.2, 0.25) is 0 Å². The number of halogens is 1. The summed E-state index contributed by atoms with van der Waals surface area (Å²) in [5.41, 5.74) is 3.00. The second kappa shape index (κ2) is 12.1. The molecule has 1 amide bonds. The first kappa shape index (κ1) is 24.4. The molecule has 1 heterocycles. The fourth-order valence-electron chi connectivity index (χ4n) is 4.08. The molecular formula is C30H31FN2O2. The van der Waals surface area contributed by atoms with E-state index in [1.165, 1.54) is 11.6 Å². The molecule has 1 aromatic heterocycles. The van der Waals surface area contributed by atoms with Crippen LogP contribution >= 0.6 is 0 Å². The number of nitrogens with zero attached hydrogens (tertiary/aromatic N) is 1. The van der Waals surface area contributed by atoms with Gasteiger partial charge in [-0.05, 0) is 49.1 Å². The molecule has 4 rings (SSSR count). The van der Waals surface area contributed by atoms with Crippen LogP contribution < -0.4 is 5.32 Å². The Morgan fingerprint density at radius 2 is 1.49 bits per heavy atom. The van der Waals surface area contributed by atoms with Crippen molar-refractivity contribution in [2.75, 3.05) is 0 Å². The third-order valence-corrected chi connectivity index (χ3v) is 5.95. The van der Waals surface area contributed by atoms with E-state index in [1.807, 2.05) is 67.6 Å². The number of carbonyl (C=O) groups is 1. The van der Waals surface area contributed by atoms with Crippen molar-refractivity contribution in [1.29, 1.82) is 0 Å². The summed E-state index contributed by atoms with van der Waals surface area (Å²) in [5, 5.41) is 3.02. The van der Waals surface area contributed by atoms with Crippen molar-refractivity contribution >= 4 is 5.91 Å². The molecule has 1 N–H and O–H groups in total. The summed E-state index contributed by atoms with van der Waals surface area (Å²) in [6, 6.07) is 30.6. The maximum absolute atomic E-state index is 14.3. The van der Waals surface area contributed by atoms with Gasteiger partial charge in [-0.1, -0.05) is 78.9 Å². The molecule has 0 radical (unpaired) electrons. The van der Waals surface area contributed by atoms with Gasteiger partial charge in [-0.3, -0.25) is 9.69 Å². The summed E-state index contributed by atoms with van der Waals surface area (Å²) in [6.07, 6.45) is 1.74. The van der Waals surface area contributed by atoms with Crippen LogP contribution in [0.3, 0.4) is 0 Å². The molecule has 0 fully saturated rings. The summed E-state index contributed by atoms with van der Waals surface area (Å²) in [5.74, 6) is 0.506. The first-order chi connectivity index (χ1) is 17.1. The average Bonchev–Trinajstić information content (AvgIpc) is 3.34. The van der Waals surface area contributed by atoms with E-state index in [0.717, 1.165) is 18.4 Å². The van der Waals surface area contributed by atoms with Gasteiger partial charge in [0.25, 0.3) is 5.91 Å². The number of amides is 1. The van der Waals surface area contributed by atoms with Gasteiger partial charge in [0.05, 0.1) is 6.54 Å². The number of hydrogen-bond donors (Lipinski definition) is 1. The topological polar surface area (TPSA) is 45.5 Å². The van der Waals surface area contributed by atoms with Crippen LogP contribution in [0.15, 0.2) is 101 Å². The van der Waals surface area contributed by atoms with Crippen LogP contribution in [-0.4, -0.2) is 16.8 Å². The van der Waals surface area contributed by atoms with Crippen molar-refractivity contribution in [3.63, 3.8) is 0 Å². The quantitative estimate of drug-likeness (QED) is 0.277. The molecule has 0 aliphatic heterocycles. The number of benzene rings is 3. The van der Waals surface area contributed by atoms with Crippen molar-refractivity contribution < 1.29 is 13.6 Å². The Labute approximate surface area is 206 Å². The first-order valence-electron chi connectivity index (χ1n) is 12.0. The van der Waals surface area contributed by atoms with Crippen LogP contribution in [0.4, 0.5) is 4.39 Å². The fraction of sp³-hybridized carbons (Fsp3) is 0.233. The smallest absolute Gasteiger partial charge is 0.287 e. The summed E-state index contributed by atoms with van der Waals surface area (Å²) in [7, 11) is 0. The largest absolute Gasteiger partial charge is 0.455 e. The van der Waals surface area contributed by atoms with Gasteiger partial charge < -0.3 is 9.73 Å². The molecule has 1 unspecified atom stereocenters. The first-order valence-corrected chi connectivity index (χ1v) is 12.0. The zero-order valence-electron chi connectivity index (χ0n) is 20.0. The molecule has 0 bridgehead atoms. The molecule has 0 spiro atoms. The van der Waals surface area contributed by atoms with Crippen LogP contribution in [0, 0.1) is 5.82 Å². The maximum Gasteiger partial charge on any atom is 0.287 e. The molecule has 4 aromatic rings. The van der Waals surface area contributed by atoms with Crippen LogP contribution in [0.5, 0.6) is 0 Å². The zero-order valence-corrected chi connectivity index (χ0v) is 20.0. The Bertz CT molecular complexity index is 1210. The number of rotatable bonds is 11. The molecule has 180 valence electrons. The van der Waals surface area contributed by atoms with Crippen LogP contribution in [0.1, 0.15) is 46.3 Å². The Morgan fingerprint density at radius 3 is 2.20 bits per heavy atom. The Morgan fingerprint density at radius 1 is 0.829 bits per heavy atom. The summed E-state index contributed by atoms with van der Waals surface area (Å²) in [6.45, 7) is 3.52. The molecule has 0 aliphatic carbocycles. The van der Waals surface area contributed by atoms with E-state index < -0.39 is 0 Å². The molecule has 0 saturated heterocycles. The zero-order chi connectivity index (χ0) is 24.5. The Hall–Kier alpha value is -3.70. The Kier molecular flexibility index (Phi) is 8.47. The lowest BCUT2D eigenvalue weighted by atomic mass is 10.1. The molecule has 3 aromatic carbocycles. The normalized spacial score (nSPS) is 12.0. The van der Waals surface area contributed by atoms with E-state index in [9.17, 15) is 9.18 Å². The van der Waals surface area contributed by atoms with E-state index in [-0.39, 0.29) is 23.5 Å². The number of hydrogen-bond acceptors (Lipinski definition) is 3. The minimum absolute atomic E-state index is 0.0203. The second-order valence-corrected chi connectivity index (χ2v) is 8.89. The minimum Gasteiger partial charge on any atom is -0.455 e. The van der Waals surface area contributed by atoms with Crippen molar-refractivity contribution in [3.8, 4) is 0 Å². The van der Waals surface area contributed by atoms with Crippen LogP contribution in [0.2, 0.25) is 0 Å². The highest BCUT2D eigenvalue weighted by atomic mass is 19.1. The highest BCUT2D eigenvalue weighted by molar-refractivity contribution is 5.91. The molecule has 35 heavy (non-hydrogen) atoms. The molecule has 1 atom stereocenters. The van der Waals surface area contributed by atoms with Crippen molar-refractivity contribution in [1.82, 2.24) is 10.2 Å². The molecular weight excluding hydrogens is 439 g/mol. The third-order valence-electron chi connectivity index (χ3n) is 5.95.